The molecule has 0 spiro atoms. The van der Waals surface area contributed by atoms with Crippen molar-refractivity contribution >= 4 is 11.3 Å². The second kappa shape index (κ2) is 5.63. The van der Waals surface area contributed by atoms with Crippen LogP contribution in [-0.2, 0) is 6.42 Å². The van der Waals surface area contributed by atoms with Gasteiger partial charge in [0, 0.05) is 22.9 Å². The molecule has 1 aromatic heterocycles. The fourth-order valence-electron chi connectivity index (χ4n) is 2.24. The molecule has 4 heteroatoms. The average molecular weight is 275 g/mol. The molecule has 0 saturated carbocycles. The molecule has 2 aromatic rings. The Morgan fingerprint density at radius 1 is 1.42 bits per heavy atom. The van der Waals surface area contributed by atoms with Crippen molar-refractivity contribution in [1.82, 2.24) is 5.32 Å². The van der Waals surface area contributed by atoms with Crippen LogP contribution < -0.4 is 14.8 Å². The molecule has 0 radical (unpaired) electrons. The Morgan fingerprint density at radius 3 is 3.16 bits per heavy atom. The van der Waals surface area contributed by atoms with E-state index in [9.17, 15) is 0 Å². The molecule has 0 aliphatic carbocycles. The number of hydrogen-bond acceptors (Lipinski definition) is 4. The first-order chi connectivity index (χ1) is 9.36. The van der Waals surface area contributed by atoms with Crippen molar-refractivity contribution in [3.63, 3.8) is 0 Å². The van der Waals surface area contributed by atoms with Crippen molar-refractivity contribution in [2.75, 3.05) is 20.3 Å². The Labute approximate surface area is 117 Å². The number of ether oxygens (including phenoxy) is 2. The Kier molecular flexibility index (Phi) is 3.71. The van der Waals surface area contributed by atoms with Crippen LogP contribution in [0, 0.1) is 0 Å². The summed E-state index contributed by atoms with van der Waals surface area (Å²) in [5, 5.41) is 5.33. The van der Waals surface area contributed by atoms with Gasteiger partial charge in [0.2, 0.25) is 0 Å². The molecule has 19 heavy (non-hydrogen) atoms. The molecule has 0 amide bonds. The maximum atomic E-state index is 5.78. The summed E-state index contributed by atoms with van der Waals surface area (Å²) in [4.78, 5) is 1.35. The fraction of sp³-hybridized carbons (Fsp3) is 0.333. The molecule has 1 aromatic carbocycles. The number of likely N-dealkylation sites (N-methyl/N-ethyl adjacent to an activating group) is 1. The molecule has 3 nitrogen and oxygen atoms in total. The summed E-state index contributed by atoms with van der Waals surface area (Å²) in [5.41, 5.74) is 1.22. The van der Waals surface area contributed by atoms with E-state index in [2.05, 4.69) is 28.9 Å². The summed E-state index contributed by atoms with van der Waals surface area (Å²) in [6.45, 7) is 1.40. The monoisotopic (exact) mass is 275 g/mol. The molecule has 1 N–H and O–H groups in total. The minimum Gasteiger partial charge on any atom is -0.493 e. The number of nitrogens with one attached hydrogen (secondary N) is 1. The Balaban J connectivity index is 1.60. The van der Waals surface area contributed by atoms with E-state index >= 15 is 0 Å². The highest BCUT2D eigenvalue weighted by Gasteiger charge is 2.22. The molecule has 1 aliphatic rings. The molecule has 100 valence electrons. The van der Waals surface area contributed by atoms with Crippen molar-refractivity contribution in [3.05, 3.63) is 46.2 Å². The SMILES string of the molecule is CNC1COc2cc(OCCc3cccs3)ccc21. The van der Waals surface area contributed by atoms with Crippen LogP contribution >= 0.6 is 11.3 Å². The van der Waals surface area contributed by atoms with Crippen LogP contribution in [0.25, 0.3) is 0 Å². The largest absolute Gasteiger partial charge is 0.493 e. The number of benzene rings is 1. The van der Waals surface area contributed by atoms with Crippen molar-refractivity contribution in [2.45, 2.75) is 12.5 Å². The maximum absolute atomic E-state index is 5.78. The van der Waals surface area contributed by atoms with Gasteiger partial charge in [-0.1, -0.05) is 6.07 Å². The van der Waals surface area contributed by atoms with Gasteiger partial charge in [-0.25, -0.2) is 0 Å². The van der Waals surface area contributed by atoms with Crippen LogP contribution in [0.2, 0.25) is 0 Å². The van der Waals surface area contributed by atoms with Gasteiger partial charge in [0.25, 0.3) is 0 Å². The molecule has 0 bridgehead atoms. The third-order valence-electron chi connectivity index (χ3n) is 3.31. The molecule has 1 unspecified atom stereocenters. The van der Waals surface area contributed by atoms with E-state index in [4.69, 9.17) is 9.47 Å². The molecular formula is C15H17NO2S. The van der Waals surface area contributed by atoms with Crippen LogP contribution in [0.15, 0.2) is 35.7 Å². The first-order valence-corrected chi connectivity index (χ1v) is 7.34. The minimum absolute atomic E-state index is 0.301. The second-order valence-corrected chi connectivity index (χ2v) is 5.56. The van der Waals surface area contributed by atoms with Crippen LogP contribution in [0.5, 0.6) is 11.5 Å². The number of hydrogen-bond donors (Lipinski definition) is 1. The predicted octanol–water partition coefficient (Wildman–Crippen LogP) is 3.02. The first kappa shape index (κ1) is 12.5. The highest BCUT2D eigenvalue weighted by atomic mass is 32.1. The first-order valence-electron chi connectivity index (χ1n) is 6.46. The molecule has 0 fully saturated rings. The lowest BCUT2D eigenvalue weighted by Crippen LogP contribution is -2.17. The highest BCUT2D eigenvalue weighted by molar-refractivity contribution is 7.09. The minimum atomic E-state index is 0.301. The van der Waals surface area contributed by atoms with Crippen LogP contribution in [-0.4, -0.2) is 20.3 Å². The molecule has 2 heterocycles. The third kappa shape index (κ3) is 2.74. The van der Waals surface area contributed by atoms with Gasteiger partial charge in [-0.2, -0.15) is 0 Å². The Bertz CT molecular complexity index is 539. The number of fused-ring (bicyclic) bond motifs is 1. The van der Waals surface area contributed by atoms with Crippen molar-refractivity contribution < 1.29 is 9.47 Å². The molecule has 1 aliphatic heterocycles. The standard InChI is InChI=1S/C15H17NO2S/c1-16-14-10-18-15-9-11(4-5-13(14)15)17-7-6-12-3-2-8-19-12/h2-5,8-9,14,16H,6-7,10H2,1H3. The summed E-state index contributed by atoms with van der Waals surface area (Å²) in [6.07, 6.45) is 0.953. The maximum Gasteiger partial charge on any atom is 0.127 e. The van der Waals surface area contributed by atoms with Gasteiger partial charge in [-0.3, -0.25) is 0 Å². The summed E-state index contributed by atoms with van der Waals surface area (Å²) in [5.74, 6) is 1.82. The van der Waals surface area contributed by atoms with Gasteiger partial charge >= 0.3 is 0 Å². The zero-order chi connectivity index (χ0) is 13.1. The molecule has 3 rings (SSSR count). The number of thiophene rings is 1. The van der Waals surface area contributed by atoms with Crippen molar-refractivity contribution in [1.29, 1.82) is 0 Å². The van der Waals surface area contributed by atoms with Gasteiger partial charge in [0.1, 0.15) is 18.1 Å². The molecule has 0 saturated heterocycles. The second-order valence-electron chi connectivity index (χ2n) is 4.53. The lowest BCUT2D eigenvalue weighted by molar-refractivity contribution is 0.308. The lowest BCUT2D eigenvalue weighted by atomic mass is 10.1. The van der Waals surface area contributed by atoms with Gasteiger partial charge in [0.05, 0.1) is 12.6 Å². The topological polar surface area (TPSA) is 30.5 Å². The van der Waals surface area contributed by atoms with E-state index in [1.165, 1.54) is 10.4 Å². The van der Waals surface area contributed by atoms with E-state index in [0.717, 1.165) is 17.9 Å². The van der Waals surface area contributed by atoms with Crippen molar-refractivity contribution in [3.8, 4) is 11.5 Å². The van der Waals surface area contributed by atoms with Crippen LogP contribution in [0.3, 0.4) is 0 Å². The van der Waals surface area contributed by atoms with E-state index < -0.39 is 0 Å². The lowest BCUT2D eigenvalue weighted by Gasteiger charge is -2.08. The van der Waals surface area contributed by atoms with Crippen LogP contribution in [0.4, 0.5) is 0 Å². The number of rotatable bonds is 5. The normalized spacial score (nSPS) is 17.0. The van der Waals surface area contributed by atoms with E-state index in [1.807, 2.05) is 19.2 Å². The quantitative estimate of drug-likeness (QED) is 0.910. The zero-order valence-electron chi connectivity index (χ0n) is 10.9. The van der Waals surface area contributed by atoms with Gasteiger partial charge in [-0.05, 0) is 30.6 Å². The van der Waals surface area contributed by atoms with E-state index in [1.54, 1.807) is 11.3 Å². The summed E-state index contributed by atoms with van der Waals surface area (Å²) in [7, 11) is 1.95. The van der Waals surface area contributed by atoms with Crippen molar-refractivity contribution in [2.24, 2.45) is 0 Å². The zero-order valence-corrected chi connectivity index (χ0v) is 11.7. The van der Waals surface area contributed by atoms with E-state index in [-0.39, 0.29) is 0 Å². The highest BCUT2D eigenvalue weighted by Crippen LogP contribution is 2.35. The fourth-order valence-corrected chi connectivity index (χ4v) is 2.93. The summed E-state index contributed by atoms with van der Waals surface area (Å²) < 4.78 is 11.4. The Morgan fingerprint density at radius 2 is 2.37 bits per heavy atom. The summed E-state index contributed by atoms with van der Waals surface area (Å²) >= 11 is 1.77. The predicted molar refractivity (Wildman–Crippen MR) is 77.3 cm³/mol. The van der Waals surface area contributed by atoms with E-state index in [0.29, 0.717) is 19.3 Å². The van der Waals surface area contributed by atoms with Gasteiger partial charge in [0.15, 0.2) is 0 Å². The Hall–Kier alpha value is -1.52. The van der Waals surface area contributed by atoms with Gasteiger partial charge in [-0.15, -0.1) is 11.3 Å². The van der Waals surface area contributed by atoms with Gasteiger partial charge < -0.3 is 14.8 Å². The smallest absolute Gasteiger partial charge is 0.127 e. The molecule has 1 atom stereocenters. The van der Waals surface area contributed by atoms with Crippen LogP contribution in [0.1, 0.15) is 16.5 Å². The third-order valence-corrected chi connectivity index (χ3v) is 4.25. The summed E-state index contributed by atoms with van der Waals surface area (Å²) in [6, 6.07) is 10.6. The average Bonchev–Trinajstić information content (AvgIpc) is 3.07. The molecular weight excluding hydrogens is 258 g/mol.